The quantitative estimate of drug-likeness (QED) is 0.591. The van der Waals surface area contributed by atoms with Gasteiger partial charge in [-0.1, -0.05) is 0 Å². The van der Waals surface area contributed by atoms with Gasteiger partial charge in [0.05, 0.1) is 6.20 Å². The number of rotatable bonds is 0. The van der Waals surface area contributed by atoms with Crippen LogP contribution in [0.5, 0.6) is 6.01 Å². The van der Waals surface area contributed by atoms with Gasteiger partial charge in [-0.3, -0.25) is 4.57 Å². The van der Waals surface area contributed by atoms with Crippen molar-refractivity contribution >= 4 is 11.2 Å². The molecule has 11 heavy (non-hydrogen) atoms. The number of nitrogens with zero attached hydrogens (tertiary/aromatic N) is 3. The number of fused-ring (bicyclic) bond motifs is 1. The maximum absolute atomic E-state index is 9.14. The van der Waals surface area contributed by atoms with Crippen LogP contribution < -0.4 is 0 Å². The van der Waals surface area contributed by atoms with Crippen molar-refractivity contribution < 1.29 is 5.11 Å². The van der Waals surface area contributed by atoms with E-state index in [4.69, 9.17) is 5.11 Å². The van der Waals surface area contributed by atoms with E-state index < -0.39 is 0 Å². The minimum atomic E-state index is -0.0212. The zero-order valence-corrected chi connectivity index (χ0v) is 5.94. The molecule has 0 atom stereocenters. The summed E-state index contributed by atoms with van der Waals surface area (Å²) >= 11 is 0. The third kappa shape index (κ3) is 0.756. The molecule has 2 aromatic heterocycles. The number of aromatic hydroxyl groups is 1. The van der Waals surface area contributed by atoms with E-state index in [9.17, 15) is 0 Å². The number of aromatic nitrogens is 3. The van der Waals surface area contributed by atoms with Gasteiger partial charge in [0.2, 0.25) is 0 Å². The summed E-state index contributed by atoms with van der Waals surface area (Å²) in [7, 11) is 1.70. The molecule has 0 spiro atoms. The average Bonchev–Trinajstić information content (AvgIpc) is 2.30. The van der Waals surface area contributed by atoms with Crippen molar-refractivity contribution in [2.75, 3.05) is 0 Å². The second kappa shape index (κ2) is 1.95. The van der Waals surface area contributed by atoms with Gasteiger partial charge in [0, 0.05) is 7.05 Å². The smallest absolute Gasteiger partial charge is 0.295 e. The molecule has 0 unspecified atom stereocenters. The highest BCUT2D eigenvalue weighted by Crippen LogP contribution is 2.14. The molecule has 4 nitrogen and oxygen atoms in total. The molecule has 0 aliphatic rings. The lowest BCUT2D eigenvalue weighted by atomic mass is 10.4. The Hall–Kier alpha value is -1.58. The van der Waals surface area contributed by atoms with Crippen LogP contribution in [-0.4, -0.2) is 19.6 Å². The molecule has 1 radical (unpaired) electrons. The topological polar surface area (TPSA) is 50.9 Å². The summed E-state index contributed by atoms with van der Waals surface area (Å²) in [4.78, 5) is 7.77. The number of aryl methyl sites for hydroxylation is 1. The predicted molar refractivity (Wildman–Crippen MR) is 39.0 cm³/mol. The van der Waals surface area contributed by atoms with Crippen molar-refractivity contribution in [3.8, 4) is 6.01 Å². The van der Waals surface area contributed by atoms with Gasteiger partial charge in [0.25, 0.3) is 6.01 Å². The van der Waals surface area contributed by atoms with Crippen molar-refractivity contribution in [3.63, 3.8) is 0 Å². The fourth-order valence-electron chi connectivity index (χ4n) is 0.958. The first-order valence-electron chi connectivity index (χ1n) is 3.17. The van der Waals surface area contributed by atoms with Crippen LogP contribution in [0.2, 0.25) is 0 Å². The molecule has 4 heteroatoms. The van der Waals surface area contributed by atoms with Crippen molar-refractivity contribution in [1.29, 1.82) is 0 Å². The summed E-state index contributed by atoms with van der Waals surface area (Å²) in [6.07, 6.45) is 2.67. The van der Waals surface area contributed by atoms with Gasteiger partial charge < -0.3 is 5.11 Å². The number of hydrogen-bond acceptors (Lipinski definition) is 3. The summed E-state index contributed by atoms with van der Waals surface area (Å²) < 4.78 is 1.51. The van der Waals surface area contributed by atoms with E-state index in [0.29, 0.717) is 11.2 Å². The minimum absolute atomic E-state index is 0.0212. The van der Waals surface area contributed by atoms with Gasteiger partial charge in [-0.25, -0.2) is 4.98 Å². The molecule has 1 N–H and O–H groups in total. The van der Waals surface area contributed by atoms with Crippen LogP contribution in [0.3, 0.4) is 0 Å². The molecular formula is C7H6N3O. The highest BCUT2D eigenvalue weighted by atomic mass is 16.3. The van der Waals surface area contributed by atoms with E-state index in [1.807, 2.05) is 0 Å². The number of hydrogen-bond donors (Lipinski definition) is 1. The monoisotopic (exact) mass is 148 g/mol. The molecule has 0 aliphatic heterocycles. The van der Waals surface area contributed by atoms with E-state index >= 15 is 0 Å². The van der Waals surface area contributed by atoms with Crippen LogP contribution in [0.15, 0.2) is 12.1 Å². The standard InChI is InChI=1S/C7H6N3O/c1-10-6-5(9-7(10)11)3-2-4-8-6/h2-3H,1H3,(H,9,11). The van der Waals surface area contributed by atoms with Crippen LogP contribution >= 0.6 is 0 Å². The van der Waals surface area contributed by atoms with Gasteiger partial charge in [0.1, 0.15) is 5.52 Å². The van der Waals surface area contributed by atoms with Gasteiger partial charge >= 0.3 is 0 Å². The molecule has 0 amide bonds. The summed E-state index contributed by atoms with van der Waals surface area (Å²) in [6.45, 7) is 0. The minimum Gasteiger partial charge on any atom is -0.480 e. The Labute approximate surface area is 63.1 Å². The Morgan fingerprint density at radius 2 is 2.45 bits per heavy atom. The van der Waals surface area contributed by atoms with E-state index in [1.54, 1.807) is 19.2 Å². The predicted octanol–water partition coefficient (Wildman–Crippen LogP) is 0.474. The molecule has 0 saturated carbocycles. The highest BCUT2D eigenvalue weighted by Gasteiger charge is 2.04. The molecule has 0 fully saturated rings. The normalized spacial score (nSPS) is 10.6. The Balaban J connectivity index is 2.92. The Morgan fingerprint density at radius 1 is 1.64 bits per heavy atom. The maximum atomic E-state index is 9.14. The zero-order valence-electron chi connectivity index (χ0n) is 5.94. The number of imidazole rings is 1. The fourth-order valence-corrected chi connectivity index (χ4v) is 0.958. The first-order chi connectivity index (χ1) is 5.29. The highest BCUT2D eigenvalue weighted by molar-refractivity contribution is 5.71. The van der Waals surface area contributed by atoms with Crippen LogP contribution in [0.4, 0.5) is 0 Å². The van der Waals surface area contributed by atoms with Crippen molar-refractivity contribution in [2.45, 2.75) is 0 Å². The van der Waals surface area contributed by atoms with Gasteiger partial charge in [-0.05, 0) is 12.1 Å². The number of pyridine rings is 1. The first-order valence-corrected chi connectivity index (χ1v) is 3.17. The van der Waals surface area contributed by atoms with Crippen molar-refractivity contribution in [2.24, 2.45) is 7.05 Å². The van der Waals surface area contributed by atoms with E-state index in [2.05, 4.69) is 16.2 Å². The Kier molecular flexibility index (Phi) is 1.09. The van der Waals surface area contributed by atoms with Gasteiger partial charge in [0.15, 0.2) is 5.65 Å². The molecular weight excluding hydrogens is 142 g/mol. The summed E-state index contributed by atoms with van der Waals surface area (Å²) in [5, 5.41) is 9.14. The molecule has 0 aliphatic carbocycles. The summed E-state index contributed by atoms with van der Waals surface area (Å²) in [5.74, 6) is 0. The maximum Gasteiger partial charge on any atom is 0.295 e. The first kappa shape index (κ1) is 6.15. The molecule has 55 valence electrons. The molecule has 2 rings (SSSR count). The van der Waals surface area contributed by atoms with Gasteiger partial charge in [-0.15, -0.1) is 0 Å². The lowest BCUT2D eigenvalue weighted by Crippen LogP contribution is -1.87. The molecule has 0 saturated heterocycles. The van der Waals surface area contributed by atoms with E-state index in [0.717, 1.165) is 0 Å². The summed E-state index contributed by atoms with van der Waals surface area (Å²) in [5.41, 5.74) is 1.33. The Morgan fingerprint density at radius 3 is 3.18 bits per heavy atom. The Bertz CT molecular complexity index is 393. The van der Waals surface area contributed by atoms with E-state index in [-0.39, 0.29) is 6.01 Å². The fraction of sp³-hybridized carbons (Fsp3) is 0.143. The third-order valence-electron chi connectivity index (χ3n) is 1.55. The van der Waals surface area contributed by atoms with Crippen LogP contribution in [-0.2, 0) is 7.05 Å². The van der Waals surface area contributed by atoms with Crippen LogP contribution in [0, 0.1) is 6.20 Å². The molecule has 2 aromatic rings. The largest absolute Gasteiger partial charge is 0.480 e. The van der Waals surface area contributed by atoms with Crippen molar-refractivity contribution in [1.82, 2.24) is 14.5 Å². The van der Waals surface area contributed by atoms with Crippen LogP contribution in [0.25, 0.3) is 11.2 Å². The van der Waals surface area contributed by atoms with Crippen LogP contribution in [0.1, 0.15) is 0 Å². The van der Waals surface area contributed by atoms with Gasteiger partial charge in [-0.2, -0.15) is 4.98 Å². The lowest BCUT2D eigenvalue weighted by Gasteiger charge is -1.90. The second-order valence-electron chi connectivity index (χ2n) is 2.25. The lowest BCUT2D eigenvalue weighted by molar-refractivity contribution is 0.415. The molecule has 2 heterocycles. The second-order valence-corrected chi connectivity index (χ2v) is 2.25. The van der Waals surface area contributed by atoms with Crippen molar-refractivity contribution in [3.05, 3.63) is 18.3 Å². The third-order valence-corrected chi connectivity index (χ3v) is 1.55. The average molecular weight is 148 g/mol. The summed E-state index contributed by atoms with van der Waals surface area (Å²) in [6, 6.07) is 3.39. The van der Waals surface area contributed by atoms with E-state index in [1.165, 1.54) is 4.57 Å². The zero-order chi connectivity index (χ0) is 7.84. The molecule has 0 aromatic carbocycles. The SMILES string of the molecule is Cn1c(O)nc2cc[c]nc21. The molecule has 0 bridgehead atoms.